The van der Waals surface area contributed by atoms with Gasteiger partial charge in [-0.1, -0.05) is 164 Å². The summed E-state index contributed by atoms with van der Waals surface area (Å²) < 4.78 is 4.44. The van der Waals surface area contributed by atoms with E-state index in [0.29, 0.717) is 0 Å². The van der Waals surface area contributed by atoms with Crippen molar-refractivity contribution in [3.8, 4) is 50.7 Å². The maximum atomic E-state index is 5.25. The summed E-state index contributed by atoms with van der Waals surface area (Å²) in [7, 11) is 0. The van der Waals surface area contributed by atoms with Crippen molar-refractivity contribution in [3.63, 3.8) is 0 Å². The monoisotopic (exact) mass is 739 g/mol. The Labute approximate surface area is 333 Å². The van der Waals surface area contributed by atoms with Crippen LogP contribution in [0.3, 0.4) is 0 Å². The van der Waals surface area contributed by atoms with Gasteiger partial charge in [0, 0.05) is 54.7 Å². The van der Waals surface area contributed by atoms with Crippen LogP contribution in [-0.4, -0.2) is 24.1 Å². The van der Waals surface area contributed by atoms with E-state index < -0.39 is 0 Å². The van der Waals surface area contributed by atoms with E-state index in [1.165, 1.54) is 27.2 Å². The second-order valence-corrected chi connectivity index (χ2v) is 14.9. The highest BCUT2D eigenvalue weighted by Crippen LogP contribution is 2.42. The number of benzene rings is 8. The van der Waals surface area contributed by atoms with Crippen LogP contribution in [0.1, 0.15) is 0 Å². The molecule has 5 nitrogen and oxygen atoms in total. The van der Waals surface area contributed by atoms with Gasteiger partial charge < -0.3 is 4.57 Å². The number of hydrogen-bond donors (Lipinski definition) is 0. The van der Waals surface area contributed by atoms with Crippen LogP contribution < -0.4 is 0 Å². The van der Waals surface area contributed by atoms with Gasteiger partial charge in [0.1, 0.15) is 0 Å². The van der Waals surface area contributed by atoms with Crippen molar-refractivity contribution in [3.05, 3.63) is 200 Å². The lowest BCUT2D eigenvalue weighted by Gasteiger charge is -2.15. The SMILES string of the molecule is c1ccc(-c2cc3c4ccccc4nc(-c4ccc(-c5cccc(-n6c7ccccc7c7ccc8c(-c9ccccc9)nc9ccccc9c8c76)c5)cc4)n3n2)cc1. The molecular formula is C53H33N5. The van der Waals surface area contributed by atoms with Crippen LogP contribution in [0.25, 0.3) is 111 Å². The Morgan fingerprint density at radius 1 is 0.362 bits per heavy atom. The van der Waals surface area contributed by atoms with E-state index >= 15 is 0 Å². The Hall–Kier alpha value is -7.89. The van der Waals surface area contributed by atoms with Crippen molar-refractivity contribution < 1.29 is 0 Å². The number of para-hydroxylation sites is 3. The highest BCUT2D eigenvalue weighted by atomic mass is 15.3. The summed E-state index contributed by atoms with van der Waals surface area (Å²) in [5.41, 5.74) is 13.8. The van der Waals surface area contributed by atoms with Crippen LogP contribution in [-0.2, 0) is 0 Å². The van der Waals surface area contributed by atoms with Gasteiger partial charge in [0.2, 0.25) is 0 Å². The highest BCUT2D eigenvalue weighted by molar-refractivity contribution is 6.27. The zero-order valence-corrected chi connectivity index (χ0v) is 31.3. The molecule has 0 aliphatic heterocycles. The molecule has 0 bridgehead atoms. The molecule has 4 aromatic heterocycles. The first kappa shape index (κ1) is 32.4. The minimum Gasteiger partial charge on any atom is -0.309 e. The summed E-state index contributed by atoms with van der Waals surface area (Å²) in [4.78, 5) is 10.4. The Bertz CT molecular complexity index is 3550. The van der Waals surface area contributed by atoms with Gasteiger partial charge in [0.05, 0.1) is 39.0 Å². The second-order valence-electron chi connectivity index (χ2n) is 14.9. The van der Waals surface area contributed by atoms with Crippen LogP contribution in [0.4, 0.5) is 0 Å². The third-order valence-corrected chi connectivity index (χ3v) is 11.5. The van der Waals surface area contributed by atoms with Crippen LogP contribution in [0.15, 0.2) is 200 Å². The van der Waals surface area contributed by atoms with Crippen LogP contribution in [0.2, 0.25) is 0 Å². The minimum atomic E-state index is 0.810. The first-order valence-electron chi connectivity index (χ1n) is 19.6. The van der Waals surface area contributed by atoms with Crippen molar-refractivity contribution in [2.24, 2.45) is 0 Å². The van der Waals surface area contributed by atoms with E-state index in [9.17, 15) is 0 Å². The number of rotatable bonds is 5. The second kappa shape index (κ2) is 12.8. The largest absolute Gasteiger partial charge is 0.309 e. The fourth-order valence-corrected chi connectivity index (χ4v) is 8.83. The maximum Gasteiger partial charge on any atom is 0.161 e. The number of aromatic nitrogens is 5. The lowest BCUT2D eigenvalue weighted by molar-refractivity contribution is 0.949. The third-order valence-electron chi connectivity index (χ3n) is 11.5. The van der Waals surface area contributed by atoms with Crippen LogP contribution in [0, 0.1) is 0 Å². The number of nitrogens with zero attached hydrogens (tertiary/aromatic N) is 5. The molecule has 0 fully saturated rings. The number of pyridine rings is 1. The summed E-state index contributed by atoms with van der Waals surface area (Å²) in [5, 5.41) is 12.1. The molecule has 0 saturated heterocycles. The normalized spacial score (nSPS) is 11.8. The third kappa shape index (κ3) is 5.00. The van der Waals surface area contributed by atoms with Gasteiger partial charge in [0.15, 0.2) is 5.82 Å². The molecule has 0 aliphatic carbocycles. The first-order chi connectivity index (χ1) is 28.8. The van der Waals surface area contributed by atoms with E-state index in [1.54, 1.807) is 0 Å². The summed E-state index contributed by atoms with van der Waals surface area (Å²) in [6.07, 6.45) is 0. The Morgan fingerprint density at radius 2 is 0.983 bits per heavy atom. The smallest absolute Gasteiger partial charge is 0.161 e. The molecule has 0 radical (unpaired) electrons. The lowest BCUT2D eigenvalue weighted by Crippen LogP contribution is -1.99. The maximum absolute atomic E-state index is 5.25. The Kier molecular flexibility index (Phi) is 7.16. The predicted octanol–water partition coefficient (Wildman–Crippen LogP) is 13.3. The van der Waals surface area contributed by atoms with E-state index in [2.05, 4.69) is 193 Å². The van der Waals surface area contributed by atoms with Crippen LogP contribution >= 0.6 is 0 Å². The molecule has 12 rings (SSSR count). The highest BCUT2D eigenvalue weighted by Gasteiger charge is 2.20. The zero-order valence-electron chi connectivity index (χ0n) is 31.3. The molecule has 0 N–H and O–H groups in total. The molecule has 58 heavy (non-hydrogen) atoms. The molecule has 5 heteroatoms. The van der Waals surface area contributed by atoms with E-state index in [-0.39, 0.29) is 0 Å². The molecule has 0 saturated carbocycles. The molecule has 4 heterocycles. The molecular weight excluding hydrogens is 707 g/mol. The molecule has 0 unspecified atom stereocenters. The van der Waals surface area contributed by atoms with Gasteiger partial charge in [-0.05, 0) is 47.5 Å². The van der Waals surface area contributed by atoms with Gasteiger partial charge >= 0.3 is 0 Å². The summed E-state index contributed by atoms with van der Waals surface area (Å²) in [5.74, 6) is 0.810. The van der Waals surface area contributed by atoms with Crippen molar-refractivity contribution in [1.29, 1.82) is 0 Å². The van der Waals surface area contributed by atoms with Gasteiger partial charge in [0.25, 0.3) is 0 Å². The van der Waals surface area contributed by atoms with Gasteiger partial charge in [-0.2, -0.15) is 5.10 Å². The van der Waals surface area contributed by atoms with Gasteiger partial charge in [-0.15, -0.1) is 0 Å². The molecule has 0 spiro atoms. The predicted molar refractivity (Wildman–Crippen MR) is 239 cm³/mol. The van der Waals surface area contributed by atoms with Gasteiger partial charge in [-0.25, -0.2) is 14.5 Å². The first-order valence-corrected chi connectivity index (χ1v) is 19.6. The fraction of sp³-hybridized carbons (Fsp3) is 0. The average molecular weight is 740 g/mol. The van der Waals surface area contributed by atoms with Crippen molar-refractivity contribution in [1.82, 2.24) is 24.1 Å². The quantitative estimate of drug-likeness (QED) is 0.165. The standard InChI is InChI=1S/C53H33N5/c1-3-14-35(15-4-1)47-33-49-42-21-7-10-23-45(42)55-53(58(49)56-47)37-28-26-34(27-29-37)38-18-13-19-39(32-38)57-48-25-12-9-20-40(48)41-30-31-44-50(52(41)57)43-22-8-11-24-46(43)54-51(44)36-16-5-2-6-17-36/h1-33H. The van der Waals surface area contributed by atoms with Crippen molar-refractivity contribution in [2.45, 2.75) is 0 Å². The van der Waals surface area contributed by atoms with Crippen molar-refractivity contribution >= 4 is 59.9 Å². The average Bonchev–Trinajstić information content (AvgIpc) is 3.90. The van der Waals surface area contributed by atoms with E-state index in [1.807, 2.05) is 16.6 Å². The molecule has 12 aromatic rings. The Morgan fingerprint density at radius 3 is 1.78 bits per heavy atom. The molecule has 0 amide bonds. The molecule has 0 aliphatic rings. The molecule has 270 valence electrons. The van der Waals surface area contributed by atoms with E-state index in [4.69, 9.17) is 15.1 Å². The van der Waals surface area contributed by atoms with Gasteiger partial charge in [-0.3, -0.25) is 0 Å². The zero-order chi connectivity index (χ0) is 38.2. The van der Waals surface area contributed by atoms with Crippen LogP contribution in [0.5, 0.6) is 0 Å². The number of fused-ring (bicyclic) bond motifs is 10. The fourth-order valence-electron chi connectivity index (χ4n) is 8.83. The number of hydrogen-bond acceptors (Lipinski definition) is 3. The Balaban J connectivity index is 1.03. The van der Waals surface area contributed by atoms with E-state index in [0.717, 1.165) is 83.4 Å². The topological polar surface area (TPSA) is 48.0 Å². The summed E-state index contributed by atoms with van der Waals surface area (Å²) in [6, 6.07) is 70.8. The molecule has 8 aromatic carbocycles. The lowest BCUT2D eigenvalue weighted by atomic mass is 9.97. The minimum absolute atomic E-state index is 0.810. The summed E-state index contributed by atoms with van der Waals surface area (Å²) in [6.45, 7) is 0. The summed E-state index contributed by atoms with van der Waals surface area (Å²) >= 11 is 0. The van der Waals surface area contributed by atoms with Crippen molar-refractivity contribution in [2.75, 3.05) is 0 Å². The molecule has 0 atom stereocenters.